The van der Waals surface area contributed by atoms with E-state index in [1.807, 2.05) is 38.1 Å². The number of carbonyl (C=O) groups is 2. The van der Waals surface area contributed by atoms with Gasteiger partial charge >= 0.3 is 12.1 Å². The number of hydrogen-bond donors (Lipinski definition) is 1. The normalized spacial score (nSPS) is 17.9. The molecule has 1 atom stereocenters. The summed E-state index contributed by atoms with van der Waals surface area (Å²) in [6.07, 6.45) is 1.43. The van der Waals surface area contributed by atoms with E-state index in [9.17, 15) is 14.7 Å². The number of rotatable bonds is 5. The van der Waals surface area contributed by atoms with Gasteiger partial charge in [-0.05, 0) is 40.2 Å². The third-order valence-electron chi connectivity index (χ3n) is 6.47. The summed E-state index contributed by atoms with van der Waals surface area (Å²) in [7, 11) is 0. The summed E-state index contributed by atoms with van der Waals surface area (Å²) in [6, 6.07) is 17.4. The third-order valence-corrected chi connectivity index (χ3v) is 6.47. The Morgan fingerprint density at radius 3 is 2.22 bits per heavy atom. The Labute approximate surface area is 185 Å². The van der Waals surface area contributed by atoms with Crippen LogP contribution in [0.5, 0.6) is 0 Å². The molecule has 1 N–H and O–H groups in total. The molecule has 0 aliphatic heterocycles. The Morgan fingerprint density at radius 2 is 1.66 bits per heavy atom. The summed E-state index contributed by atoms with van der Waals surface area (Å²) in [4.78, 5) is 26.4. The van der Waals surface area contributed by atoms with E-state index in [2.05, 4.69) is 34.5 Å². The molecule has 2 aliphatic carbocycles. The van der Waals surface area contributed by atoms with Crippen LogP contribution in [0.2, 0.25) is 0 Å². The molecule has 2 aliphatic rings. The highest BCUT2D eigenvalue weighted by molar-refractivity contribution is 5.99. The minimum absolute atomic E-state index is 0.0211. The Morgan fingerprint density at radius 1 is 1.06 bits per heavy atom. The Balaban J connectivity index is 1.44. The van der Waals surface area contributed by atoms with Crippen molar-refractivity contribution in [3.05, 3.63) is 77.5 Å². The standard InChI is InChI=1S/C25H23N3O4/c1-25(2)13-21(25)28(22-19(23(29)30)11-12-26-27-22)24(31)32-14-20-17-9-5-3-7-15(17)16-8-4-6-10-18(16)20/h3-12,20-21H,13-14H2,1-2H3,(H,29,30). The van der Waals surface area contributed by atoms with Crippen LogP contribution in [0.4, 0.5) is 10.6 Å². The number of aromatic carboxylic acids is 1. The van der Waals surface area contributed by atoms with E-state index in [1.165, 1.54) is 17.2 Å². The second-order valence-corrected chi connectivity index (χ2v) is 8.96. The number of ether oxygens (including phenoxy) is 1. The van der Waals surface area contributed by atoms with Crippen molar-refractivity contribution >= 4 is 17.9 Å². The molecule has 1 saturated carbocycles. The molecule has 1 aromatic heterocycles. The van der Waals surface area contributed by atoms with Crippen molar-refractivity contribution in [2.45, 2.75) is 32.2 Å². The molecule has 2 aromatic carbocycles. The van der Waals surface area contributed by atoms with Crippen molar-refractivity contribution in [2.24, 2.45) is 5.41 Å². The molecule has 162 valence electrons. The van der Waals surface area contributed by atoms with Gasteiger partial charge in [-0.1, -0.05) is 62.4 Å². The molecule has 7 heteroatoms. The summed E-state index contributed by atoms with van der Waals surface area (Å²) < 4.78 is 5.81. The number of carbonyl (C=O) groups excluding carboxylic acids is 1. The maximum absolute atomic E-state index is 13.3. The number of nitrogens with zero attached hydrogens (tertiary/aromatic N) is 3. The van der Waals surface area contributed by atoms with Crippen LogP contribution in [0.25, 0.3) is 11.1 Å². The van der Waals surface area contributed by atoms with Crippen LogP contribution >= 0.6 is 0 Å². The maximum atomic E-state index is 13.3. The highest BCUT2D eigenvalue weighted by atomic mass is 16.6. The van der Waals surface area contributed by atoms with E-state index in [-0.39, 0.29) is 35.4 Å². The molecule has 0 bridgehead atoms. The van der Waals surface area contributed by atoms with Crippen molar-refractivity contribution in [3.8, 4) is 11.1 Å². The van der Waals surface area contributed by atoms with Crippen molar-refractivity contribution in [1.82, 2.24) is 10.2 Å². The molecule has 1 heterocycles. The van der Waals surface area contributed by atoms with E-state index in [0.717, 1.165) is 28.7 Å². The first-order valence-corrected chi connectivity index (χ1v) is 10.6. The summed E-state index contributed by atoms with van der Waals surface area (Å²) >= 11 is 0. The lowest BCUT2D eigenvalue weighted by atomic mass is 9.98. The summed E-state index contributed by atoms with van der Waals surface area (Å²) in [5.41, 5.74) is 4.30. The molecule has 7 nitrogen and oxygen atoms in total. The van der Waals surface area contributed by atoms with Gasteiger partial charge in [0.05, 0.1) is 6.20 Å². The lowest BCUT2D eigenvalue weighted by molar-refractivity contribution is 0.0697. The van der Waals surface area contributed by atoms with Crippen LogP contribution < -0.4 is 4.90 Å². The molecule has 1 fully saturated rings. The van der Waals surface area contributed by atoms with Gasteiger partial charge in [0.1, 0.15) is 12.2 Å². The predicted octanol–water partition coefficient (Wildman–Crippen LogP) is 4.73. The largest absolute Gasteiger partial charge is 0.478 e. The molecule has 32 heavy (non-hydrogen) atoms. The minimum atomic E-state index is -1.16. The van der Waals surface area contributed by atoms with Crippen LogP contribution in [0.3, 0.4) is 0 Å². The van der Waals surface area contributed by atoms with Gasteiger partial charge in [0.25, 0.3) is 0 Å². The summed E-state index contributed by atoms with van der Waals surface area (Å²) in [6.45, 7) is 4.20. The minimum Gasteiger partial charge on any atom is -0.478 e. The van der Waals surface area contributed by atoms with Crippen molar-refractivity contribution in [1.29, 1.82) is 0 Å². The predicted molar refractivity (Wildman–Crippen MR) is 119 cm³/mol. The topological polar surface area (TPSA) is 92.6 Å². The number of amides is 1. The SMILES string of the molecule is CC1(C)CC1N(C(=O)OCC1c2ccccc2-c2ccccc21)c1nnccc1C(=O)O. The first kappa shape index (κ1) is 20.2. The third kappa shape index (κ3) is 3.30. The highest BCUT2D eigenvalue weighted by Gasteiger charge is 2.53. The Hall–Kier alpha value is -3.74. The van der Waals surface area contributed by atoms with Crippen molar-refractivity contribution in [3.63, 3.8) is 0 Å². The molecular weight excluding hydrogens is 406 g/mol. The van der Waals surface area contributed by atoms with E-state index in [4.69, 9.17) is 4.74 Å². The number of hydrogen-bond acceptors (Lipinski definition) is 5. The van der Waals surface area contributed by atoms with E-state index in [1.54, 1.807) is 0 Å². The van der Waals surface area contributed by atoms with Gasteiger partial charge < -0.3 is 9.84 Å². The van der Waals surface area contributed by atoms with Gasteiger partial charge in [-0.15, -0.1) is 5.10 Å². The van der Waals surface area contributed by atoms with E-state index >= 15 is 0 Å². The van der Waals surface area contributed by atoms with Crippen LogP contribution in [0.1, 0.15) is 47.7 Å². The van der Waals surface area contributed by atoms with E-state index < -0.39 is 12.1 Å². The molecule has 1 unspecified atom stereocenters. The second-order valence-electron chi connectivity index (χ2n) is 8.96. The fourth-order valence-corrected chi connectivity index (χ4v) is 4.57. The molecule has 0 spiro atoms. The van der Waals surface area contributed by atoms with Gasteiger partial charge in [0.15, 0.2) is 5.82 Å². The molecule has 5 rings (SSSR count). The van der Waals surface area contributed by atoms with Gasteiger partial charge in [-0.3, -0.25) is 4.90 Å². The van der Waals surface area contributed by atoms with Gasteiger partial charge in [-0.25, -0.2) is 9.59 Å². The van der Waals surface area contributed by atoms with Crippen LogP contribution in [0, 0.1) is 5.41 Å². The van der Waals surface area contributed by atoms with Crippen LogP contribution in [0.15, 0.2) is 60.8 Å². The Kier molecular flexibility index (Phi) is 4.69. The zero-order chi connectivity index (χ0) is 22.5. The van der Waals surface area contributed by atoms with E-state index in [0.29, 0.717) is 0 Å². The monoisotopic (exact) mass is 429 g/mol. The summed E-state index contributed by atoms with van der Waals surface area (Å²) in [5, 5.41) is 17.4. The highest BCUT2D eigenvalue weighted by Crippen LogP contribution is 2.50. The fourth-order valence-electron chi connectivity index (χ4n) is 4.57. The summed E-state index contributed by atoms with van der Waals surface area (Å²) in [5.74, 6) is -1.22. The average molecular weight is 429 g/mol. The lowest BCUT2D eigenvalue weighted by Crippen LogP contribution is -2.38. The number of carboxylic acid groups (broad SMARTS) is 1. The maximum Gasteiger partial charge on any atom is 0.415 e. The van der Waals surface area contributed by atoms with Crippen LogP contribution in [-0.2, 0) is 4.74 Å². The number of aromatic nitrogens is 2. The number of benzene rings is 2. The zero-order valence-corrected chi connectivity index (χ0v) is 17.9. The molecule has 3 aromatic rings. The van der Waals surface area contributed by atoms with Gasteiger partial charge in [-0.2, -0.15) is 5.10 Å². The quantitative estimate of drug-likeness (QED) is 0.630. The molecular formula is C25H23N3O4. The molecule has 0 radical (unpaired) electrons. The molecule has 0 saturated heterocycles. The number of carboxylic acids is 1. The van der Waals surface area contributed by atoms with Gasteiger partial charge in [0, 0.05) is 12.0 Å². The average Bonchev–Trinajstić information content (AvgIpc) is 3.29. The fraction of sp³-hybridized carbons (Fsp3) is 0.280. The second kappa shape index (κ2) is 7.44. The molecule has 1 amide bonds. The van der Waals surface area contributed by atoms with Crippen molar-refractivity contribution in [2.75, 3.05) is 11.5 Å². The van der Waals surface area contributed by atoms with Crippen molar-refractivity contribution < 1.29 is 19.4 Å². The smallest absolute Gasteiger partial charge is 0.415 e. The number of fused-ring (bicyclic) bond motifs is 3. The Bertz CT molecular complexity index is 1180. The lowest BCUT2D eigenvalue weighted by Gasteiger charge is -2.24. The first-order valence-electron chi connectivity index (χ1n) is 10.6. The number of anilines is 1. The van der Waals surface area contributed by atoms with Crippen LogP contribution in [-0.4, -0.2) is 40.0 Å². The first-order chi connectivity index (χ1) is 15.4. The van der Waals surface area contributed by atoms with Gasteiger partial charge in [0.2, 0.25) is 0 Å². The zero-order valence-electron chi connectivity index (χ0n) is 17.9.